The van der Waals surface area contributed by atoms with E-state index in [-0.39, 0.29) is 33.7 Å². The molecule has 1 aliphatic carbocycles. The van der Waals surface area contributed by atoms with Gasteiger partial charge in [0, 0.05) is 6.54 Å². The molecule has 7 nitrogen and oxygen atoms in total. The molecule has 1 aromatic carbocycles. The fraction of sp³-hybridized carbons (Fsp3) is 0.400. The molecule has 2 heterocycles. The number of rotatable bonds is 8. The average molecular weight is 419 g/mol. The SMILES string of the molecule is Nc1nc(-c2cc3ncn(CCCCC4CC4)c(=O)c3cc2F)ncc1OC(F)F. The van der Waals surface area contributed by atoms with Crippen LogP contribution in [0.5, 0.6) is 5.75 Å². The Kier molecular flexibility index (Phi) is 5.56. The summed E-state index contributed by atoms with van der Waals surface area (Å²) in [4.78, 5) is 24.6. The van der Waals surface area contributed by atoms with Crippen LogP contribution in [0.3, 0.4) is 0 Å². The number of hydrogen-bond donors (Lipinski definition) is 1. The van der Waals surface area contributed by atoms with Crippen molar-refractivity contribution in [2.24, 2.45) is 5.92 Å². The van der Waals surface area contributed by atoms with Crippen LogP contribution in [0.4, 0.5) is 19.0 Å². The first-order chi connectivity index (χ1) is 14.4. The number of benzene rings is 1. The van der Waals surface area contributed by atoms with Crippen molar-refractivity contribution in [2.45, 2.75) is 45.3 Å². The monoisotopic (exact) mass is 419 g/mol. The Morgan fingerprint density at radius 1 is 1.23 bits per heavy atom. The quantitative estimate of drug-likeness (QED) is 0.559. The summed E-state index contributed by atoms with van der Waals surface area (Å²) in [6, 6.07) is 2.43. The van der Waals surface area contributed by atoms with Gasteiger partial charge in [0.25, 0.3) is 5.56 Å². The molecule has 158 valence electrons. The summed E-state index contributed by atoms with van der Waals surface area (Å²) in [6.45, 7) is -2.55. The zero-order valence-corrected chi connectivity index (χ0v) is 16.0. The number of halogens is 3. The van der Waals surface area contributed by atoms with Gasteiger partial charge < -0.3 is 10.5 Å². The largest absolute Gasteiger partial charge is 0.429 e. The average Bonchev–Trinajstić information content (AvgIpc) is 3.52. The van der Waals surface area contributed by atoms with Gasteiger partial charge >= 0.3 is 6.61 Å². The first-order valence-corrected chi connectivity index (χ1v) is 9.69. The highest BCUT2D eigenvalue weighted by Crippen LogP contribution is 2.34. The van der Waals surface area contributed by atoms with Crippen LogP contribution in [-0.2, 0) is 6.54 Å². The Hall–Kier alpha value is -3.17. The number of anilines is 1. The molecule has 0 unspecified atom stereocenters. The zero-order chi connectivity index (χ0) is 21.3. The van der Waals surface area contributed by atoms with E-state index in [2.05, 4.69) is 19.7 Å². The molecule has 3 aromatic rings. The lowest BCUT2D eigenvalue weighted by Gasteiger charge is -2.10. The van der Waals surface area contributed by atoms with E-state index in [1.165, 1.54) is 36.2 Å². The van der Waals surface area contributed by atoms with Gasteiger partial charge in [0.2, 0.25) is 0 Å². The number of unbranched alkanes of at least 4 members (excludes halogenated alkanes) is 1. The number of fused-ring (bicyclic) bond motifs is 1. The van der Waals surface area contributed by atoms with E-state index >= 15 is 0 Å². The molecule has 1 fully saturated rings. The maximum absolute atomic E-state index is 14.7. The van der Waals surface area contributed by atoms with Gasteiger partial charge in [0.05, 0.1) is 29.0 Å². The fourth-order valence-corrected chi connectivity index (χ4v) is 3.33. The van der Waals surface area contributed by atoms with E-state index in [0.717, 1.165) is 31.0 Å². The molecule has 0 saturated heterocycles. The van der Waals surface area contributed by atoms with Gasteiger partial charge in [-0.3, -0.25) is 9.36 Å². The number of nitrogen functional groups attached to an aromatic ring is 1. The second-order valence-corrected chi connectivity index (χ2v) is 7.35. The number of hydrogen-bond acceptors (Lipinski definition) is 6. The molecule has 4 rings (SSSR count). The van der Waals surface area contributed by atoms with Crippen LogP contribution in [-0.4, -0.2) is 26.1 Å². The van der Waals surface area contributed by atoms with Gasteiger partial charge in [-0.05, 0) is 24.5 Å². The molecule has 2 aromatic heterocycles. The van der Waals surface area contributed by atoms with Crippen molar-refractivity contribution in [3.63, 3.8) is 0 Å². The second kappa shape index (κ2) is 8.29. The van der Waals surface area contributed by atoms with Crippen LogP contribution in [0.2, 0.25) is 0 Å². The number of nitrogens with two attached hydrogens (primary N) is 1. The normalized spacial score (nSPS) is 13.9. The second-order valence-electron chi connectivity index (χ2n) is 7.35. The van der Waals surface area contributed by atoms with Crippen LogP contribution in [0.15, 0.2) is 29.5 Å². The molecule has 2 N–H and O–H groups in total. The molecule has 0 bridgehead atoms. The van der Waals surface area contributed by atoms with Crippen molar-refractivity contribution in [1.29, 1.82) is 0 Å². The first-order valence-electron chi connectivity index (χ1n) is 9.69. The molecular weight excluding hydrogens is 399 g/mol. The smallest absolute Gasteiger partial charge is 0.387 e. The molecule has 1 saturated carbocycles. The highest BCUT2D eigenvalue weighted by molar-refractivity contribution is 5.82. The summed E-state index contributed by atoms with van der Waals surface area (Å²) >= 11 is 0. The summed E-state index contributed by atoms with van der Waals surface area (Å²) in [6.07, 6.45) is 8.08. The number of aromatic nitrogens is 4. The first kappa shape index (κ1) is 20.1. The van der Waals surface area contributed by atoms with E-state index in [0.29, 0.717) is 6.54 Å². The van der Waals surface area contributed by atoms with Crippen molar-refractivity contribution in [2.75, 3.05) is 5.73 Å². The van der Waals surface area contributed by atoms with E-state index in [1.54, 1.807) is 0 Å². The minimum absolute atomic E-state index is 0.0492. The minimum atomic E-state index is -3.08. The summed E-state index contributed by atoms with van der Waals surface area (Å²) in [5, 5.41) is 0.145. The van der Waals surface area contributed by atoms with Gasteiger partial charge in [-0.1, -0.05) is 25.7 Å². The third-order valence-corrected chi connectivity index (χ3v) is 5.11. The summed E-state index contributed by atoms with van der Waals surface area (Å²) in [5.41, 5.74) is 5.50. The van der Waals surface area contributed by atoms with Gasteiger partial charge in [-0.2, -0.15) is 8.78 Å². The van der Waals surface area contributed by atoms with Crippen LogP contribution in [0.1, 0.15) is 32.1 Å². The standard InChI is InChI=1S/C20H20F3N5O2/c21-14-7-13-15(26-10-28(19(13)29)6-2-1-3-11-4-5-11)8-12(14)18-25-9-16(17(24)27-18)30-20(22)23/h7-11,20H,1-6H2,(H2,24,25,27). The molecule has 1 aliphatic rings. The minimum Gasteiger partial charge on any atom is -0.429 e. The highest BCUT2D eigenvalue weighted by Gasteiger charge is 2.20. The molecule has 0 amide bonds. The summed E-state index contributed by atoms with van der Waals surface area (Å²) in [5.74, 6) is -0.780. The van der Waals surface area contributed by atoms with Gasteiger partial charge in [-0.15, -0.1) is 0 Å². The van der Waals surface area contributed by atoms with Gasteiger partial charge in [0.1, 0.15) is 5.82 Å². The van der Waals surface area contributed by atoms with Crippen LogP contribution >= 0.6 is 0 Å². The molecule has 10 heteroatoms. The molecule has 0 atom stereocenters. The maximum atomic E-state index is 14.7. The Bertz CT molecular complexity index is 1130. The van der Waals surface area contributed by atoms with E-state index in [4.69, 9.17) is 5.73 Å². The van der Waals surface area contributed by atoms with Crippen molar-refractivity contribution in [3.05, 3.63) is 40.8 Å². The van der Waals surface area contributed by atoms with Crippen LogP contribution in [0, 0.1) is 11.7 Å². The maximum Gasteiger partial charge on any atom is 0.387 e. The van der Waals surface area contributed by atoms with Crippen molar-refractivity contribution in [1.82, 2.24) is 19.5 Å². The van der Waals surface area contributed by atoms with Gasteiger partial charge in [-0.25, -0.2) is 19.3 Å². The molecule has 30 heavy (non-hydrogen) atoms. The summed E-state index contributed by atoms with van der Waals surface area (Å²) in [7, 11) is 0. The lowest BCUT2D eigenvalue weighted by atomic mass is 10.1. The van der Waals surface area contributed by atoms with Crippen molar-refractivity contribution >= 4 is 16.7 Å². The number of aryl methyl sites for hydroxylation is 1. The lowest BCUT2D eigenvalue weighted by Crippen LogP contribution is -2.21. The predicted octanol–water partition coefficient (Wildman–Crippen LogP) is 3.76. The third-order valence-electron chi connectivity index (χ3n) is 5.11. The molecular formula is C20H20F3N5O2. The Labute approximate surface area is 169 Å². The summed E-state index contributed by atoms with van der Waals surface area (Å²) < 4.78 is 45.1. The number of alkyl halides is 2. The van der Waals surface area contributed by atoms with Crippen LogP contribution in [0.25, 0.3) is 22.3 Å². The number of ether oxygens (including phenoxy) is 1. The van der Waals surface area contributed by atoms with E-state index in [9.17, 15) is 18.0 Å². The zero-order valence-electron chi connectivity index (χ0n) is 16.0. The molecule has 0 aliphatic heterocycles. The van der Waals surface area contributed by atoms with Crippen molar-refractivity contribution in [3.8, 4) is 17.1 Å². The van der Waals surface area contributed by atoms with E-state index < -0.39 is 18.2 Å². The third kappa shape index (κ3) is 4.37. The van der Waals surface area contributed by atoms with Gasteiger partial charge in [0.15, 0.2) is 17.4 Å². The number of nitrogens with zero attached hydrogens (tertiary/aromatic N) is 4. The Morgan fingerprint density at radius 3 is 2.73 bits per heavy atom. The topological polar surface area (TPSA) is 95.9 Å². The predicted molar refractivity (Wildman–Crippen MR) is 105 cm³/mol. The molecule has 0 radical (unpaired) electrons. The Morgan fingerprint density at radius 2 is 2.03 bits per heavy atom. The fourth-order valence-electron chi connectivity index (χ4n) is 3.33. The van der Waals surface area contributed by atoms with Crippen LogP contribution < -0.4 is 16.0 Å². The Balaban J connectivity index is 1.59. The van der Waals surface area contributed by atoms with Crippen molar-refractivity contribution < 1.29 is 17.9 Å². The molecule has 0 spiro atoms. The van der Waals surface area contributed by atoms with E-state index in [1.807, 2.05) is 0 Å². The highest BCUT2D eigenvalue weighted by atomic mass is 19.3. The lowest BCUT2D eigenvalue weighted by molar-refractivity contribution is -0.0497.